The zero-order valence-corrected chi connectivity index (χ0v) is 7.33. The van der Waals surface area contributed by atoms with Crippen LogP contribution in [-0.2, 0) is 19.1 Å². The normalized spacial score (nSPS) is 21.0. The lowest BCUT2D eigenvalue weighted by atomic mass is 10.0. The van der Waals surface area contributed by atoms with Crippen LogP contribution in [0.4, 0.5) is 0 Å². The summed E-state index contributed by atoms with van der Waals surface area (Å²) in [5, 5.41) is 2.48. The summed E-state index contributed by atoms with van der Waals surface area (Å²) in [5.74, 6) is -2.86. The maximum atomic E-state index is 11.2. The zero-order chi connectivity index (χ0) is 9.84. The minimum Gasteiger partial charge on any atom is -0.460 e. The van der Waals surface area contributed by atoms with E-state index in [0.717, 1.165) is 0 Å². The summed E-state index contributed by atoms with van der Waals surface area (Å²) in [6.07, 6.45) is 0.385. The van der Waals surface area contributed by atoms with E-state index in [4.69, 9.17) is 0 Å². The molecule has 0 aromatic heterocycles. The Labute approximate surface area is 75.4 Å². The van der Waals surface area contributed by atoms with Gasteiger partial charge in [0.05, 0.1) is 6.61 Å². The predicted octanol–water partition coefficient (Wildman–Crippen LogP) is -0.745. The largest absolute Gasteiger partial charge is 0.460 e. The van der Waals surface area contributed by atoms with Crippen molar-refractivity contribution in [3.05, 3.63) is 0 Å². The minimum absolute atomic E-state index is 0.152. The lowest BCUT2D eigenvalue weighted by Crippen LogP contribution is -2.31. The Morgan fingerprint density at radius 3 is 2.77 bits per heavy atom. The maximum Gasteiger partial charge on any atom is 0.375 e. The van der Waals surface area contributed by atoms with Crippen LogP contribution in [0.15, 0.2) is 0 Å². The number of carbonyl (C=O) groups excluding carboxylic acids is 3. The van der Waals surface area contributed by atoms with Crippen molar-refractivity contribution in [3.8, 4) is 0 Å². The Bertz CT molecular complexity index is 249. The van der Waals surface area contributed by atoms with Crippen LogP contribution in [0.5, 0.6) is 0 Å². The highest BCUT2D eigenvalue weighted by Gasteiger charge is 2.35. The average molecular weight is 185 g/mol. The fourth-order valence-electron chi connectivity index (χ4n) is 1.19. The zero-order valence-electron chi connectivity index (χ0n) is 7.33. The third-order valence-electron chi connectivity index (χ3n) is 1.84. The van der Waals surface area contributed by atoms with Crippen LogP contribution in [0.1, 0.15) is 13.3 Å². The highest BCUT2D eigenvalue weighted by molar-refractivity contribution is 6.38. The molecule has 1 rings (SSSR count). The molecular formula is C8H11NO4. The molecule has 1 saturated heterocycles. The second-order valence-electron chi connectivity index (χ2n) is 2.72. The molecule has 5 nitrogen and oxygen atoms in total. The average Bonchev–Trinajstić information content (AvgIpc) is 2.50. The van der Waals surface area contributed by atoms with E-state index in [9.17, 15) is 14.4 Å². The molecule has 5 heteroatoms. The summed E-state index contributed by atoms with van der Waals surface area (Å²) >= 11 is 0. The quantitative estimate of drug-likeness (QED) is 0.357. The number of ether oxygens (including phenoxy) is 1. The summed E-state index contributed by atoms with van der Waals surface area (Å²) in [5.41, 5.74) is 0. The third kappa shape index (κ3) is 2.05. The van der Waals surface area contributed by atoms with E-state index >= 15 is 0 Å². The Kier molecular flexibility index (Phi) is 3.00. The summed E-state index contributed by atoms with van der Waals surface area (Å²) in [6, 6.07) is 0. The molecule has 1 aliphatic heterocycles. The van der Waals surface area contributed by atoms with Gasteiger partial charge in [-0.3, -0.25) is 9.59 Å². The number of amides is 1. The van der Waals surface area contributed by atoms with E-state index in [1.54, 1.807) is 6.92 Å². The fraction of sp³-hybridized carbons (Fsp3) is 0.625. The van der Waals surface area contributed by atoms with Crippen LogP contribution in [-0.4, -0.2) is 30.8 Å². The van der Waals surface area contributed by atoms with Gasteiger partial charge >= 0.3 is 5.97 Å². The van der Waals surface area contributed by atoms with Crippen LogP contribution < -0.4 is 5.32 Å². The first-order valence-electron chi connectivity index (χ1n) is 4.15. The molecule has 0 radical (unpaired) electrons. The third-order valence-corrected chi connectivity index (χ3v) is 1.84. The van der Waals surface area contributed by atoms with E-state index < -0.39 is 17.7 Å². The van der Waals surface area contributed by atoms with Crippen molar-refractivity contribution in [1.29, 1.82) is 0 Å². The summed E-state index contributed by atoms with van der Waals surface area (Å²) in [4.78, 5) is 33.1. The summed E-state index contributed by atoms with van der Waals surface area (Å²) in [6.45, 7) is 2.22. The van der Waals surface area contributed by atoms with E-state index in [1.807, 2.05) is 0 Å². The fourth-order valence-corrected chi connectivity index (χ4v) is 1.19. The maximum absolute atomic E-state index is 11.2. The standard InChI is InChI=1S/C8H11NO4/c1-2-13-8(12)6(10)5-3-4-9-7(5)11/h5H,2-4H2,1H3,(H,9,11)/t5-/m1/s1. The van der Waals surface area contributed by atoms with Crippen molar-refractivity contribution in [2.75, 3.05) is 13.2 Å². The van der Waals surface area contributed by atoms with E-state index in [-0.39, 0.29) is 12.5 Å². The van der Waals surface area contributed by atoms with Gasteiger partial charge in [0.15, 0.2) is 0 Å². The number of hydrogen-bond acceptors (Lipinski definition) is 4. The van der Waals surface area contributed by atoms with Gasteiger partial charge in [-0.2, -0.15) is 0 Å². The first-order valence-corrected chi connectivity index (χ1v) is 4.15. The number of esters is 1. The number of carbonyl (C=O) groups is 3. The van der Waals surface area contributed by atoms with Crippen molar-refractivity contribution in [3.63, 3.8) is 0 Å². The molecule has 0 unspecified atom stereocenters. The SMILES string of the molecule is CCOC(=O)C(=O)[C@H]1CCNC1=O. The van der Waals surface area contributed by atoms with E-state index in [0.29, 0.717) is 13.0 Å². The second-order valence-corrected chi connectivity index (χ2v) is 2.72. The van der Waals surface area contributed by atoms with E-state index in [1.165, 1.54) is 0 Å². The smallest absolute Gasteiger partial charge is 0.375 e. The van der Waals surface area contributed by atoms with Gasteiger partial charge in [0, 0.05) is 6.54 Å². The van der Waals surface area contributed by atoms with E-state index in [2.05, 4.69) is 10.1 Å². The van der Waals surface area contributed by atoms with Crippen molar-refractivity contribution >= 4 is 17.7 Å². The molecule has 72 valence electrons. The molecular weight excluding hydrogens is 174 g/mol. The van der Waals surface area contributed by atoms with Crippen molar-refractivity contribution in [2.45, 2.75) is 13.3 Å². The van der Waals surface area contributed by atoms with Crippen LogP contribution in [0.2, 0.25) is 0 Å². The Morgan fingerprint density at radius 2 is 2.31 bits per heavy atom. The number of nitrogens with one attached hydrogen (secondary N) is 1. The minimum atomic E-state index is -0.912. The van der Waals surface area contributed by atoms with Gasteiger partial charge in [-0.05, 0) is 13.3 Å². The van der Waals surface area contributed by atoms with Gasteiger partial charge in [0.1, 0.15) is 5.92 Å². The number of hydrogen-bond donors (Lipinski definition) is 1. The Morgan fingerprint density at radius 1 is 1.62 bits per heavy atom. The monoisotopic (exact) mass is 185 g/mol. The van der Waals surface area contributed by atoms with Gasteiger partial charge in [-0.15, -0.1) is 0 Å². The molecule has 0 saturated carbocycles. The first kappa shape index (κ1) is 9.70. The number of rotatable bonds is 3. The highest BCUT2D eigenvalue weighted by Crippen LogP contribution is 2.11. The topological polar surface area (TPSA) is 72.5 Å². The summed E-state index contributed by atoms with van der Waals surface area (Å²) in [7, 11) is 0. The number of ketones is 1. The molecule has 1 heterocycles. The van der Waals surface area contributed by atoms with Crippen molar-refractivity contribution < 1.29 is 19.1 Å². The highest BCUT2D eigenvalue weighted by atomic mass is 16.5. The Balaban J connectivity index is 2.56. The molecule has 1 aliphatic rings. The molecule has 1 amide bonds. The lowest BCUT2D eigenvalue weighted by molar-refractivity contribution is -0.156. The molecule has 0 aliphatic carbocycles. The Hall–Kier alpha value is -1.39. The van der Waals surface area contributed by atoms with Gasteiger partial charge < -0.3 is 10.1 Å². The second kappa shape index (κ2) is 4.02. The first-order chi connectivity index (χ1) is 6.16. The predicted molar refractivity (Wildman–Crippen MR) is 42.8 cm³/mol. The summed E-state index contributed by atoms with van der Waals surface area (Å²) < 4.78 is 4.50. The van der Waals surface area contributed by atoms with Gasteiger partial charge in [0.2, 0.25) is 5.91 Å². The van der Waals surface area contributed by atoms with Crippen LogP contribution in [0, 0.1) is 5.92 Å². The van der Waals surface area contributed by atoms with Gasteiger partial charge in [-0.25, -0.2) is 4.79 Å². The molecule has 13 heavy (non-hydrogen) atoms. The van der Waals surface area contributed by atoms with Crippen LogP contribution in [0.25, 0.3) is 0 Å². The van der Waals surface area contributed by atoms with Crippen LogP contribution in [0.3, 0.4) is 0 Å². The lowest BCUT2D eigenvalue weighted by Gasteiger charge is -2.03. The molecule has 0 spiro atoms. The van der Waals surface area contributed by atoms with Gasteiger partial charge in [0.25, 0.3) is 5.78 Å². The molecule has 0 aromatic carbocycles. The van der Waals surface area contributed by atoms with Crippen molar-refractivity contribution in [1.82, 2.24) is 5.32 Å². The molecule has 1 atom stereocenters. The van der Waals surface area contributed by atoms with Crippen LogP contribution >= 0.6 is 0 Å². The molecule has 1 fully saturated rings. The number of Topliss-reactive ketones (excluding diaryl/α,β-unsaturated/α-hetero) is 1. The molecule has 0 aromatic rings. The van der Waals surface area contributed by atoms with Crippen molar-refractivity contribution in [2.24, 2.45) is 5.92 Å². The van der Waals surface area contributed by atoms with Gasteiger partial charge in [-0.1, -0.05) is 0 Å². The molecule has 0 bridgehead atoms. The molecule has 1 N–H and O–H groups in total.